The number of carboxylic acid groups (broad SMARTS) is 1. The Morgan fingerprint density at radius 3 is 2.29 bits per heavy atom. The molecule has 15 heteroatoms. The van der Waals surface area contributed by atoms with Crippen LogP contribution in [-0.4, -0.2) is 116 Å². The fourth-order valence-electron chi connectivity index (χ4n) is 11.0. The fraction of sp³-hybridized carbons (Fsp3) is 0.912. The van der Waals surface area contributed by atoms with Crippen LogP contribution < -0.4 is 0 Å². The smallest absolute Gasteiger partial charge is 0.397 e. The van der Waals surface area contributed by atoms with Gasteiger partial charge in [0.25, 0.3) is 0 Å². The van der Waals surface area contributed by atoms with Crippen molar-refractivity contribution in [3.8, 4) is 0 Å². The van der Waals surface area contributed by atoms with Crippen molar-refractivity contribution in [3.63, 3.8) is 0 Å². The van der Waals surface area contributed by atoms with Gasteiger partial charge in [0.2, 0.25) is 0 Å². The van der Waals surface area contributed by atoms with Crippen LogP contribution in [-0.2, 0) is 33.6 Å². The van der Waals surface area contributed by atoms with Gasteiger partial charge in [0.05, 0.1) is 30.0 Å². The van der Waals surface area contributed by atoms with E-state index in [1.165, 1.54) is 0 Å². The molecule has 0 unspecified atom stereocenters. The highest BCUT2D eigenvalue weighted by molar-refractivity contribution is 7.80. The molecule has 5 fully saturated rings. The Bertz CT molecular complexity index is 1420. The molecule has 2 heterocycles. The molecule has 0 radical (unpaired) electrons. The summed E-state index contributed by atoms with van der Waals surface area (Å²) in [6.07, 6.45) is -7.38. The molecule has 0 bridgehead atoms. The second-order valence-electron chi connectivity index (χ2n) is 16.8. The zero-order valence-electron chi connectivity index (χ0n) is 29.0. The summed E-state index contributed by atoms with van der Waals surface area (Å²) < 4.78 is 57.7. The van der Waals surface area contributed by atoms with Crippen LogP contribution in [0.15, 0.2) is 11.6 Å². The number of aliphatic hydroxyl groups excluding tert-OH is 4. The number of carbonyl (C=O) groups is 1. The number of ether oxygens (including phenoxy) is 3. The first kappa shape index (κ1) is 37.5. The minimum absolute atomic E-state index is 0.000452. The molecule has 0 amide bonds. The summed E-state index contributed by atoms with van der Waals surface area (Å²) in [5, 5.41) is 63.7. The van der Waals surface area contributed by atoms with E-state index in [1.54, 1.807) is 6.92 Å². The van der Waals surface area contributed by atoms with Crippen LogP contribution in [0.3, 0.4) is 0 Å². The summed E-state index contributed by atoms with van der Waals surface area (Å²) in [4.78, 5) is 11.6. The second-order valence-corrected chi connectivity index (χ2v) is 17.8. The van der Waals surface area contributed by atoms with Crippen molar-refractivity contribution in [2.75, 3.05) is 0 Å². The van der Waals surface area contributed by atoms with Crippen molar-refractivity contribution in [1.29, 1.82) is 0 Å². The molecule has 3 saturated carbocycles. The van der Waals surface area contributed by atoms with Gasteiger partial charge in [-0.15, -0.1) is 0 Å². The zero-order chi connectivity index (χ0) is 36.2. The molecule has 6 rings (SSSR count). The molecule has 14 nitrogen and oxygen atoms in total. The van der Waals surface area contributed by atoms with Gasteiger partial charge in [-0.2, -0.15) is 8.42 Å². The SMILES string of the molecule is CC(C)[C@@H](C)[C@H](O)[C@@H]1O[C@H]2C[C@H]3[C@@H]4C[C@H](OS(=O)(=O)O)[C@@H]5C[C@@H](O[C@@H]6O[C@@H](C(=O)O)[C@@H](O)[C@@H](O)[C@H]6O)CC[C@]5(C)C4=CC[C@]3(C)[C@H]2[C@@]1(C)O. The Balaban J connectivity index is 1.27. The molecule has 2 saturated heterocycles. The lowest BCUT2D eigenvalue weighted by molar-refractivity contribution is -0.309. The molecule has 280 valence electrons. The molecular formula is C34H54O14S. The summed E-state index contributed by atoms with van der Waals surface area (Å²) in [7, 11) is -4.87. The van der Waals surface area contributed by atoms with E-state index in [0.29, 0.717) is 25.7 Å². The van der Waals surface area contributed by atoms with Crippen molar-refractivity contribution in [1.82, 2.24) is 0 Å². The zero-order valence-corrected chi connectivity index (χ0v) is 29.8. The normalized spacial score (nSPS) is 50.9. The van der Waals surface area contributed by atoms with E-state index in [1.807, 2.05) is 20.8 Å². The maximum Gasteiger partial charge on any atom is 0.397 e. The largest absolute Gasteiger partial charge is 0.479 e. The maximum atomic E-state index is 12.2. The maximum absolute atomic E-state index is 12.2. The van der Waals surface area contributed by atoms with Gasteiger partial charge in [0, 0.05) is 5.92 Å². The Labute approximate surface area is 287 Å². The summed E-state index contributed by atoms with van der Waals surface area (Å²) in [6.45, 7) is 12.0. The van der Waals surface area contributed by atoms with Crippen molar-refractivity contribution in [2.45, 2.75) is 147 Å². The van der Waals surface area contributed by atoms with Crippen molar-refractivity contribution in [2.24, 2.45) is 46.3 Å². The van der Waals surface area contributed by atoms with Crippen LogP contribution in [0.5, 0.6) is 0 Å². The number of fused-ring (bicyclic) bond motifs is 7. The van der Waals surface area contributed by atoms with Crippen LogP contribution in [0.4, 0.5) is 0 Å². The van der Waals surface area contributed by atoms with Gasteiger partial charge >= 0.3 is 16.4 Å². The van der Waals surface area contributed by atoms with E-state index < -0.39 is 93.8 Å². The van der Waals surface area contributed by atoms with Gasteiger partial charge < -0.3 is 44.8 Å². The standard InChI is InChI=1S/C34H54O14S/c1-14(2)15(3)23(35)29-34(6,41)28-22(46-29)13-19-17-12-21(48-49(42,43)44)20-11-16(7-9-32(20,4)18(17)8-10-33(19,28)5)45-31-26(38)24(36)25(37)27(47-31)30(39)40/h8,14-17,19-29,31,35-38,41H,7,9-13H2,1-6H3,(H,39,40)(H,42,43,44)/t15-,16+,17-,19+,20+,21+,22+,23+,24-,25+,26-,27-,28+,29+,31-,32-,33+,34-/m1/s1. The molecule has 49 heavy (non-hydrogen) atoms. The third kappa shape index (κ3) is 6.12. The molecule has 0 aromatic heterocycles. The molecule has 0 aromatic rings. The minimum atomic E-state index is -4.87. The van der Waals surface area contributed by atoms with E-state index in [0.717, 1.165) is 5.57 Å². The summed E-state index contributed by atoms with van der Waals surface area (Å²) in [5.74, 6) is -2.31. The molecule has 7 N–H and O–H groups in total. The van der Waals surface area contributed by atoms with E-state index in [9.17, 15) is 48.4 Å². The first-order valence-electron chi connectivity index (χ1n) is 17.6. The van der Waals surface area contributed by atoms with E-state index >= 15 is 0 Å². The molecular weight excluding hydrogens is 664 g/mol. The van der Waals surface area contributed by atoms with Crippen LogP contribution in [0, 0.1) is 46.3 Å². The lowest BCUT2D eigenvalue weighted by atomic mass is 9.47. The van der Waals surface area contributed by atoms with E-state index in [2.05, 4.69) is 19.9 Å². The quantitative estimate of drug-likeness (QED) is 0.107. The van der Waals surface area contributed by atoms with Crippen molar-refractivity contribution < 1.29 is 66.8 Å². The second kappa shape index (κ2) is 12.7. The molecule has 18 atom stereocenters. The lowest BCUT2D eigenvalue weighted by Gasteiger charge is -2.59. The number of hydrogen-bond acceptors (Lipinski definition) is 12. The topological polar surface area (TPSA) is 230 Å². The lowest BCUT2D eigenvalue weighted by Crippen LogP contribution is -2.61. The average molecular weight is 719 g/mol. The molecule has 2 aliphatic heterocycles. The number of hydrogen-bond donors (Lipinski definition) is 7. The summed E-state index contributed by atoms with van der Waals surface area (Å²) in [5.41, 5.74) is -1.14. The van der Waals surface area contributed by atoms with Crippen LogP contribution in [0.1, 0.15) is 80.1 Å². The first-order chi connectivity index (χ1) is 22.6. The van der Waals surface area contributed by atoms with Crippen molar-refractivity contribution >= 4 is 16.4 Å². The Kier molecular flexibility index (Phi) is 9.73. The van der Waals surface area contributed by atoms with Gasteiger partial charge in [0.1, 0.15) is 24.4 Å². The van der Waals surface area contributed by atoms with Crippen LogP contribution in [0.25, 0.3) is 0 Å². The highest BCUT2D eigenvalue weighted by atomic mass is 32.3. The minimum Gasteiger partial charge on any atom is -0.479 e. The van der Waals surface area contributed by atoms with Crippen LogP contribution >= 0.6 is 0 Å². The predicted molar refractivity (Wildman–Crippen MR) is 171 cm³/mol. The molecule has 6 aliphatic rings. The Morgan fingerprint density at radius 1 is 1.00 bits per heavy atom. The Morgan fingerprint density at radius 2 is 1.67 bits per heavy atom. The van der Waals surface area contributed by atoms with Crippen LogP contribution in [0.2, 0.25) is 0 Å². The third-order valence-corrected chi connectivity index (χ3v) is 14.3. The van der Waals surface area contributed by atoms with Crippen molar-refractivity contribution in [3.05, 3.63) is 11.6 Å². The molecule has 0 aromatic carbocycles. The number of allylic oxidation sites excluding steroid dienone is 2. The van der Waals surface area contributed by atoms with Gasteiger partial charge in [-0.05, 0) is 85.9 Å². The average Bonchev–Trinajstić information content (AvgIpc) is 3.46. The highest BCUT2D eigenvalue weighted by Gasteiger charge is 2.70. The first-order valence-corrected chi connectivity index (χ1v) is 19.0. The Hall–Kier alpha value is -1.24. The monoisotopic (exact) mass is 718 g/mol. The molecule has 0 spiro atoms. The number of rotatable bonds is 8. The number of aliphatic carboxylic acids is 1. The van der Waals surface area contributed by atoms with Gasteiger partial charge in [0.15, 0.2) is 12.4 Å². The van der Waals surface area contributed by atoms with E-state index in [-0.39, 0.29) is 48.5 Å². The number of carboxylic acids is 1. The van der Waals surface area contributed by atoms with Gasteiger partial charge in [-0.25, -0.2) is 8.98 Å². The number of aliphatic hydroxyl groups is 5. The van der Waals surface area contributed by atoms with E-state index in [4.69, 9.17) is 18.4 Å². The van der Waals surface area contributed by atoms with Gasteiger partial charge in [-0.3, -0.25) is 4.55 Å². The third-order valence-electron chi connectivity index (χ3n) is 13.8. The molecule has 4 aliphatic carbocycles. The summed E-state index contributed by atoms with van der Waals surface area (Å²) in [6, 6.07) is 0. The van der Waals surface area contributed by atoms with Gasteiger partial charge in [-0.1, -0.05) is 46.3 Å². The summed E-state index contributed by atoms with van der Waals surface area (Å²) >= 11 is 0. The predicted octanol–water partition coefficient (Wildman–Crippen LogP) is 1.42. The highest BCUT2D eigenvalue weighted by Crippen LogP contribution is 2.69. The fourth-order valence-corrected chi connectivity index (χ4v) is 11.5.